The van der Waals surface area contributed by atoms with E-state index in [9.17, 15) is 9.59 Å². The van der Waals surface area contributed by atoms with Crippen molar-refractivity contribution in [1.82, 2.24) is 9.55 Å². The van der Waals surface area contributed by atoms with E-state index in [1.807, 2.05) is 78.1 Å². The van der Waals surface area contributed by atoms with Gasteiger partial charge in [0, 0.05) is 22.7 Å². The smallest absolute Gasteiger partial charge is 0.330 e. The van der Waals surface area contributed by atoms with Crippen LogP contribution < -0.4 is 20.7 Å². The normalized spacial score (nSPS) is 28.1. The minimum absolute atomic E-state index is 0.0511. The molecule has 7 rings (SSSR count). The van der Waals surface area contributed by atoms with Crippen LogP contribution in [0.2, 0.25) is 0 Å². The van der Waals surface area contributed by atoms with Gasteiger partial charge < -0.3 is 23.5 Å². The highest BCUT2D eigenvalue weighted by Gasteiger charge is 2.54. The first-order chi connectivity index (χ1) is 25.9. The summed E-state index contributed by atoms with van der Waals surface area (Å²) in [5, 5.41) is 0. The van der Waals surface area contributed by atoms with Crippen LogP contribution in [0.15, 0.2) is 107 Å². The first kappa shape index (κ1) is 38.8. The molecule has 3 aromatic carbocycles. The third-order valence-electron chi connectivity index (χ3n) is 11.4. The number of aromatic nitrogens is 2. The summed E-state index contributed by atoms with van der Waals surface area (Å²) in [6.45, 7) is 10.5. The van der Waals surface area contributed by atoms with E-state index in [0.717, 1.165) is 47.5 Å². The molecule has 9 nitrogen and oxygen atoms in total. The molecule has 0 bridgehead atoms. The quantitative estimate of drug-likeness (QED) is 0.0863. The van der Waals surface area contributed by atoms with E-state index in [-0.39, 0.29) is 23.4 Å². The minimum Gasteiger partial charge on any atom is -0.497 e. The van der Waals surface area contributed by atoms with Gasteiger partial charge in [0.1, 0.15) is 28.8 Å². The highest BCUT2D eigenvalue weighted by molar-refractivity contribution is 8.70. The summed E-state index contributed by atoms with van der Waals surface area (Å²) in [6, 6.07) is 26.0. The van der Waals surface area contributed by atoms with Crippen LogP contribution in [0.5, 0.6) is 11.5 Å². The van der Waals surface area contributed by atoms with Crippen molar-refractivity contribution in [2.45, 2.75) is 75.2 Å². The monoisotopic (exact) mass is 788 g/mol. The summed E-state index contributed by atoms with van der Waals surface area (Å²) in [7, 11) is 3.30. The lowest BCUT2D eigenvalue weighted by Gasteiger charge is -2.37. The second-order valence-corrected chi connectivity index (χ2v) is 22.7. The third kappa shape index (κ3) is 7.56. The van der Waals surface area contributed by atoms with Gasteiger partial charge in [-0.3, -0.25) is 14.3 Å². The molecule has 3 aliphatic rings. The number of rotatable bonds is 12. The van der Waals surface area contributed by atoms with E-state index in [1.54, 1.807) is 27.3 Å². The first-order valence-electron chi connectivity index (χ1n) is 18.5. The van der Waals surface area contributed by atoms with Gasteiger partial charge in [-0.05, 0) is 99.2 Å². The Morgan fingerprint density at radius 3 is 2.20 bits per heavy atom. The van der Waals surface area contributed by atoms with E-state index < -0.39 is 34.6 Å². The minimum atomic E-state index is -2.38. The molecular weight excluding hydrogens is 740 g/mol. The van der Waals surface area contributed by atoms with Crippen molar-refractivity contribution in [3.8, 4) is 11.5 Å². The van der Waals surface area contributed by atoms with Crippen molar-refractivity contribution in [2.24, 2.45) is 11.8 Å². The standard InChI is InChI=1S/C42H49N2O7PS2/c1-27(2)29-20-21-41(4)37(22-29)51-52(53,54-41)26-30-23-38(44-24-28(3)39(45)43-40(44)46)50-36(30)25-49-42(31-10-8-7-9-11-31,32-12-16-34(47-5)17-13-32)33-14-18-35(48-6)19-15-33/h7-19,24,29-30,36-38H,1,20-23,25-26H2,2-6H3,(H,43,45,46)/t29-,30+,36+,37+,38+,41+,52?/m0/s1. The van der Waals surface area contributed by atoms with Gasteiger partial charge in [-0.15, -0.1) is 0 Å². The van der Waals surface area contributed by atoms with E-state index >= 15 is 0 Å². The summed E-state index contributed by atoms with van der Waals surface area (Å²) < 4.78 is 33.6. The SMILES string of the molecule is C=C(C)[C@H]1CC[C@@]2(C)SP(=S)(C[C@H]3C[C@H](n4cc(C)c(=O)[nH]c4=O)O[C@@H]3COC(c3ccccc3)(c3ccc(OC)cc3)c3ccc(OC)cc3)O[C@@H]2C1. The van der Waals surface area contributed by atoms with Crippen molar-refractivity contribution in [3.63, 3.8) is 0 Å². The Hall–Kier alpha value is -3.44. The predicted molar refractivity (Wildman–Crippen MR) is 219 cm³/mol. The molecule has 0 spiro atoms. The zero-order valence-corrected chi connectivity index (χ0v) is 34.0. The van der Waals surface area contributed by atoms with Crippen LogP contribution in [-0.2, 0) is 31.4 Å². The Morgan fingerprint density at radius 1 is 1.00 bits per heavy atom. The fraction of sp³-hybridized carbons (Fsp3) is 0.429. The van der Waals surface area contributed by atoms with Crippen LogP contribution in [0.1, 0.15) is 68.0 Å². The van der Waals surface area contributed by atoms with Crippen LogP contribution in [0.4, 0.5) is 0 Å². The molecule has 2 aliphatic heterocycles. The van der Waals surface area contributed by atoms with Gasteiger partial charge in [0.25, 0.3) is 5.56 Å². The molecule has 0 amide bonds. The molecule has 3 fully saturated rings. The van der Waals surface area contributed by atoms with Crippen molar-refractivity contribution < 1.29 is 23.5 Å². The number of benzene rings is 3. The molecular formula is C42H49N2O7PS2. The Balaban J connectivity index is 1.27. The number of aryl methyl sites for hydroxylation is 1. The third-order valence-corrected chi connectivity index (χ3v) is 18.2. The maximum absolute atomic E-state index is 13.2. The van der Waals surface area contributed by atoms with Crippen molar-refractivity contribution in [2.75, 3.05) is 27.0 Å². The zero-order valence-electron chi connectivity index (χ0n) is 31.5. The van der Waals surface area contributed by atoms with Crippen molar-refractivity contribution in [1.29, 1.82) is 0 Å². The molecule has 0 radical (unpaired) electrons. The van der Waals surface area contributed by atoms with Gasteiger partial charge in [0.2, 0.25) is 0 Å². The number of nitrogens with one attached hydrogen (secondary N) is 1. The molecule has 1 aliphatic carbocycles. The lowest BCUT2D eigenvalue weighted by Crippen LogP contribution is -2.39. The summed E-state index contributed by atoms with van der Waals surface area (Å²) in [5.74, 6) is 1.81. The predicted octanol–water partition coefficient (Wildman–Crippen LogP) is 8.35. The van der Waals surface area contributed by atoms with Crippen LogP contribution in [-0.4, -0.2) is 53.5 Å². The first-order valence-corrected chi connectivity index (χ1v) is 22.8. The van der Waals surface area contributed by atoms with Crippen LogP contribution >= 0.6 is 16.8 Å². The Morgan fingerprint density at radius 2 is 1.61 bits per heavy atom. The number of hydrogen-bond donors (Lipinski definition) is 1. The van der Waals surface area contributed by atoms with Crippen LogP contribution in [0, 0.1) is 18.8 Å². The Bertz CT molecular complexity index is 2090. The summed E-state index contributed by atoms with van der Waals surface area (Å²) in [6.07, 6.45) is 4.77. The van der Waals surface area contributed by atoms with Gasteiger partial charge in [-0.2, -0.15) is 0 Å². The number of ether oxygens (including phenoxy) is 4. The molecule has 7 atom stereocenters. The van der Waals surface area contributed by atoms with Gasteiger partial charge in [0.05, 0.1) is 33.0 Å². The molecule has 1 N–H and O–H groups in total. The second kappa shape index (κ2) is 15.6. The maximum Gasteiger partial charge on any atom is 0.330 e. The number of aromatic amines is 1. The number of H-pyrrole nitrogens is 1. The van der Waals surface area contributed by atoms with Crippen LogP contribution in [0.3, 0.4) is 0 Å². The molecule has 54 heavy (non-hydrogen) atoms. The Kier molecular flexibility index (Phi) is 11.2. The molecule has 12 heteroatoms. The highest BCUT2D eigenvalue weighted by atomic mass is 32.9. The molecule has 2 saturated heterocycles. The Labute approximate surface area is 326 Å². The average Bonchev–Trinajstić information content (AvgIpc) is 3.69. The van der Waals surface area contributed by atoms with Crippen LogP contribution in [0.25, 0.3) is 0 Å². The van der Waals surface area contributed by atoms with Gasteiger partial charge in [-0.1, -0.05) is 89.9 Å². The largest absolute Gasteiger partial charge is 0.497 e. The van der Waals surface area contributed by atoms with E-state index in [2.05, 4.69) is 37.5 Å². The lowest BCUT2D eigenvalue weighted by molar-refractivity contribution is -0.0835. The molecule has 1 aromatic heterocycles. The molecule has 1 saturated carbocycles. The fourth-order valence-electron chi connectivity index (χ4n) is 8.26. The van der Waals surface area contributed by atoms with Gasteiger partial charge >= 0.3 is 5.69 Å². The van der Waals surface area contributed by atoms with Crippen molar-refractivity contribution in [3.05, 3.63) is 140 Å². The highest BCUT2D eigenvalue weighted by Crippen LogP contribution is 2.76. The number of fused-ring (bicyclic) bond motifs is 1. The maximum atomic E-state index is 13.2. The van der Waals surface area contributed by atoms with Gasteiger partial charge in [0.15, 0.2) is 0 Å². The van der Waals surface area contributed by atoms with E-state index in [4.69, 9.17) is 35.3 Å². The molecule has 1 unspecified atom stereocenters. The fourth-order valence-corrected chi connectivity index (χ4v) is 17.5. The number of allylic oxidation sites excluding steroid dienone is 1. The summed E-state index contributed by atoms with van der Waals surface area (Å²) in [4.78, 5) is 28.0. The van der Waals surface area contributed by atoms with Gasteiger partial charge in [-0.25, -0.2) is 4.79 Å². The summed E-state index contributed by atoms with van der Waals surface area (Å²) in [5.41, 5.74) is 0.0281. The lowest BCUT2D eigenvalue weighted by atomic mass is 9.77. The molecule has 4 aromatic rings. The van der Waals surface area contributed by atoms with E-state index in [0.29, 0.717) is 24.1 Å². The number of hydrogen-bond acceptors (Lipinski definition) is 9. The number of nitrogens with zero attached hydrogens (tertiary/aromatic N) is 1. The van der Waals surface area contributed by atoms with E-state index in [1.165, 1.54) is 10.1 Å². The molecule has 286 valence electrons. The zero-order chi connectivity index (χ0) is 38.3. The number of methoxy groups -OCH3 is 2. The average molecular weight is 789 g/mol. The molecule has 3 heterocycles. The second-order valence-electron chi connectivity index (χ2n) is 15.0. The topological polar surface area (TPSA) is 101 Å². The van der Waals surface area contributed by atoms with Crippen molar-refractivity contribution >= 4 is 28.7 Å². The summed E-state index contributed by atoms with van der Waals surface area (Å²) >= 11 is 8.36.